The number of rotatable bonds is 7. The lowest BCUT2D eigenvalue weighted by Crippen LogP contribution is -2.20. The van der Waals surface area contributed by atoms with Gasteiger partial charge in [0, 0.05) is 17.9 Å². The minimum atomic E-state index is -0.347. The van der Waals surface area contributed by atoms with Gasteiger partial charge in [-0.2, -0.15) is 5.10 Å². The molecule has 0 heterocycles. The number of hydrazone groups is 1. The van der Waals surface area contributed by atoms with Gasteiger partial charge in [0.2, 0.25) is 11.8 Å². The number of anilines is 1. The summed E-state index contributed by atoms with van der Waals surface area (Å²) in [5.41, 5.74) is 3.75. The molecule has 0 atom stereocenters. The van der Waals surface area contributed by atoms with E-state index in [0.29, 0.717) is 16.5 Å². The fourth-order valence-corrected chi connectivity index (χ4v) is 2.10. The number of carbonyl (C=O) groups is 2. The van der Waals surface area contributed by atoms with Crippen LogP contribution in [0.5, 0.6) is 5.75 Å². The minimum Gasteiger partial charge on any atom is -0.495 e. The molecule has 25 heavy (non-hydrogen) atoms. The SMILES string of the molecule is COc1ccccc1NC(=O)CCC(=O)NN=Cc1ccc(Cl)cc1. The molecular formula is C18H18ClN3O3. The summed E-state index contributed by atoms with van der Waals surface area (Å²) in [6.07, 6.45) is 1.57. The summed E-state index contributed by atoms with van der Waals surface area (Å²) >= 11 is 5.78. The van der Waals surface area contributed by atoms with Crippen LogP contribution in [0.25, 0.3) is 0 Å². The lowest BCUT2D eigenvalue weighted by molar-refractivity contribution is -0.124. The number of benzene rings is 2. The van der Waals surface area contributed by atoms with E-state index in [2.05, 4.69) is 15.8 Å². The average Bonchev–Trinajstić information content (AvgIpc) is 2.62. The van der Waals surface area contributed by atoms with Crippen LogP contribution in [0.15, 0.2) is 53.6 Å². The van der Waals surface area contributed by atoms with Gasteiger partial charge in [0.05, 0.1) is 19.0 Å². The number of hydrogen-bond donors (Lipinski definition) is 2. The number of carbonyl (C=O) groups excluding carboxylic acids is 2. The fourth-order valence-electron chi connectivity index (χ4n) is 1.97. The Balaban J connectivity index is 1.75. The number of nitrogens with one attached hydrogen (secondary N) is 2. The number of methoxy groups -OCH3 is 1. The first-order valence-corrected chi connectivity index (χ1v) is 7.96. The Morgan fingerprint density at radius 2 is 1.76 bits per heavy atom. The molecule has 2 rings (SSSR count). The highest BCUT2D eigenvalue weighted by Gasteiger charge is 2.09. The number of halogens is 1. The smallest absolute Gasteiger partial charge is 0.240 e. The molecule has 0 saturated heterocycles. The zero-order valence-corrected chi connectivity index (χ0v) is 14.4. The topological polar surface area (TPSA) is 79.8 Å². The van der Waals surface area contributed by atoms with Gasteiger partial charge in [0.1, 0.15) is 5.75 Å². The third-order valence-electron chi connectivity index (χ3n) is 3.23. The Kier molecular flexibility index (Phi) is 6.98. The predicted octanol–water partition coefficient (Wildman–Crippen LogP) is 3.22. The maximum atomic E-state index is 11.9. The third-order valence-corrected chi connectivity index (χ3v) is 3.49. The first kappa shape index (κ1) is 18.5. The van der Waals surface area contributed by atoms with Crippen molar-refractivity contribution in [3.8, 4) is 5.75 Å². The van der Waals surface area contributed by atoms with E-state index >= 15 is 0 Å². The molecule has 0 aliphatic rings. The summed E-state index contributed by atoms with van der Waals surface area (Å²) in [6, 6.07) is 14.1. The normalized spacial score (nSPS) is 10.5. The van der Waals surface area contributed by atoms with Gasteiger partial charge in [0.15, 0.2) is 0 Å². The molecule has 0 aliphatic carbocycles. The number of amides is 2. The lowest BCUT2D eigenvalue weighted by Gasteiger charge is -2.09. The van der Waals surface area contributed by atoms with Crippen LogP contribution in [-0.4, -0.2) is 25.1 Å². The van der Waals surface area contributed by atoms with E-state index in [1.54, 1.807) is 48.5 Å². The Morgan fingerprint density at radius 3 is 2.48 bits per heavy atom. The van der Waals surface area contributed by atoms with E-state index in [1.807, 2.05) is 0 Å². The van der Waals surface area contributed by atoms with Crippen molar-refractivity contribution in [2.45, 2.75) is 12.8 Å². The summed E-state index contributed by atoms with van der Waals surface area (Å²) in [7, 11) is 1.52. The van der Waals surface area contributed by atoms with Crippen LogP contribution in [0.2, 0.25) is 5.02 Å². The van der Waals surface area contributed by atoms with Crippen LogP contribution in [0.4, 0.5) is 5.69 Å². The van der Waals surface area contributed by atoms with Crippen molar-refractivity contribution in [2.75, 3.05) is 12.4 Å². The van der Waals surface area contributed by atoms with Crippen LogP contribution >= 0.6 is 11.6 Å². The Hall–Kier alpha value is -2.86. The third kappa shape index (κ3) is 6.27. The molecule has 0 bridgehead atoms. The second kappa shape index (κ2) is 9.44. The van der Waals surface area contributed by atoms with Crippen molar-refractivity contribution in [3.63, 3.8) is 0 Å². The van der Waals surface area contributed by atoms with E-state index < -0.39 is 0 Å². The van der Waals surface area contributed by atoms with Gasteiger partial charge in [-0.25, -0.2) is 5.43 Å². The van der Waals surface area contributed by atoms with Gasteiger partial charge < -0.3 is 10.1 Å². The van der Waals surface area contributed by atoms with Crippen molar-refractivity contribution < 1.29 is 14.3 Å². The van der Waals surface area contributed by atoms with E-state index in [4.69, 9.17) is 16.3 Å². The van der Waals surface area contributed by atoms with Crippen molar-refractivity contribution in [1.29, 1.82) is 0 Å². The van der Waals surface area contributed by atoms with E-state index in [0.717, 1.165) is 5.56 Å². The number of ether oxygens (including phenoxy) is 1. The second-order valence-corrected chi connectivity index (χ2v) is 5.53. The fraction of sp³-hybridized carbons (Fsp3) is 0.167. The summed E-state index contributed by atoms with van der Waals surface area (Å²) in [5, 5.41) is 7.18. The maximum absolute atomic E-state index is 11.9. The van der Waals surface area contributed by atoms with Gasteiger partial charge in [0.25, 0.3) is 0 Å². The molecule has 0 fully saturated rings. The molecule has 0 spiro atoms. The molecule has 0 aromatic heterocycles. The molecule has 7 heteroatoms. The molecule has 2 aromatic rings. The van der Waals surface area contributed by atoms with Crippen molar-refractivity contribution in [1.82, 2.24) is 5.43 Å². The quantitative estimate of drug-likeness (QED) is 0.588. The molecule has 0 unspecified atom stereocenters. The van der Waals surface area contributed by atoms with Crippen LogP contribution < -0.4 is 15.5 Å². The van der Waals surface area contributed by atoms with Crippen molar-refractivity contribution >= 4 is 35.3 Å². The minimum absolute atomic E-state index is 0.0267. The monoisotopic (exact) mass is 359 g/mol. The summed E-state index contributed by atoms with van der Waals surface area (Å²) in [5.74, 6) is -0.0606. The Morgan fingerprint density at radius 1 is 1.08 bits per heavy atom. The molecule has 6 nitrogen and oxygen atoms in total. The molecule has 130 valence electrons. The lowest BCUT2D eigenvalue weighted by atomic mass is 10.2. The van der Waals surface area contributed by atoms with Crippen molar-refractivity contribution in [2.24, 2.45) is 5.10 Å². The molecule has 2 amide bonds. The standard InChI is InChI=1S/C18H18ClN3O3/c1-25-16-5-3-2-4-15(16)21-17(23)10-11-18(24)22-20-12-13-6-8-14(19)9-7-13/h2-9,12H,10-11H2,1H3,(H,21,23)(H,22,24). The molecule has 0 radical (unpaired) electrons. The van der Waals surface area contributed by atoms with Gasteiger partial charge in [-0.3, -0.25) is 9.59 Å². The Labute approximate surface area is 150 Å². The largest absolute Gasteiger partial charge is 0.495 e. The number of hydrogen-bond acceptors (Lipinski definition) is 4. The molecule has 2 aromatic carbocycles. The Bertz CT molecular complexity index is 760. The molecule has 0 aliphatic heterocycles. The van der Waals surface area contributed by atoms with Gasteiger partial charge in [-0.1, -0.05) is 35.9 Å². The van der Waals surface area contributed by atoms with E-state index in [-0.39, 0.29) is 24.7 Å². The van der Waals surface area contributed by atoms with Gasteiger partial charge in [-0.05, 0) is 29.8 Å². The van der Waals surface area contributed by atoms with Crippen LogP contribution in [0.1, 0.15) is 18.4 Å². The summed E-state index contributed by atoms with van der Waals surface area (Å²) in [6.45, 7) is 0. The first-order chi connectivity index (χ1) is 12.1. The van der Waals surface area contributed by atoms with Crippen molar-refractivity contribution in [3.05, 3.63) is 59.1 Å². The average molecular weight is 360 g/mol. The molecule has 0 saturated carbocycles. The van der Waals surface area contributed by atoms with Crippen LogP contribution in [0.3, 0.4) is 0 Å². The van der Waals surface area contributed by atoms with Gasteiger partial charge in [-0.15, -0.1) is 0 Å². The predicted molar refractivity (Wildman–Crippen MR) is 98.0 cm³/mol. The zero-order valence-electron chi connectivity index (χ0n) is 13.7. The first-order valence-electron chi connectivity index (χ1n) is 7.59. The summed E-state index contributed by atoms with van der Waals surface area (Å²) in [4.78, 5) is 23.6. The van der Waals surface area contributed by atoms with E-state index in [1.165, 1.54) is 13.3 Å². The van der Waals surface area contributed by atoms with E-state index in [9.17, 15) is 9.59 Å². The summed E-state index contributed by atoms with van der Waals surface area (Å²) < 4.78 is 5.15. The molecule has 2 N–H and O–H groups in total. The van der Waals surface area contributed by atoms with Gasteiger partial charge >= 0.3 is 0 Å². The number of para-hydroxylation sites is 2. The second-order valence-electron chi connectivity index (χ2n) is 5.09. The maximum Gasteiger partial charge on any atom is 0.240 e. The highest BCUT2D eigenvalue weighted by atomic mass is 35.5. The highest BCUT2D eigenvalue weighted by Crippen LogP contribution is 2.23. The zero-order chi connectivity index (χ0) is 18.1. The molecular weight excluding hydrogens is 342 g/mol. The van der Waals surface area contributed by atoms with Crippen LogP contribution in [-0.2, 0) is 9.59 Å². The number of nitrogens with zero attached hydrogens (tertiary/aromatic N) is 1. The van der Waals surface area contributed by atoms with Crippen LogP contribution in [0, 0.1) is 0 Å². The highest BCUT2D eigenvalue weighted by molar-refractivity contribution is 6.30.